The fourth-order valence-electron chi connectivity index (χ4n) is 2.55. The summed E-state index contributed by atoms with van der Waals surface area (Å²) in [6, 6.07) is 6.15. The monoisotopic (exact) mass is 339 g/mol. The number of halogens is 4. The second-order valence-electron chi connectivity index (χ2n) is 5.42. The Labute approximate surface area is 135 Å². The Morgan fingerprint density at radius 3 is 2.50 bits per heavy atom. The smallest absolute Gasteiger partial charge is 0.412 e. The van der Waals surface area contributed by atoms with Crippen LogP contribution in [-0.2, 0) is 6.42 Å². The Kier molecular flexibility index (Phi) is 4.17. The highest BCUT2D eigenvalue weighted by Crippen LogP contribution is 2.33. The van der Waals surface area contributed by atoms with Crippen LogP contribution in [0.15, 0.2) is 42.5 Å². The largest absolute Gasteiger partial charge is 0.493 e. The summed E-state index contributed by atoms with van der Waals surface area (Å²) in [5, 5.41) is 1.97. The number of ether oxygens (including phenoxy) is 1. The van der Waals surface area contributed by atoms with Crippen molar-refractivity contribution in [2.24, 2.45) is 0 Å². The molecular formula is C17H13F4NO2. The third kappa shape index (κ3) is 3.34. The molecule has 0 aliphatic carbocycles. The molecule has 126 valence electrons. The summed E-state index contributed by atoms with van der Waals surface area (Å²) in [6.45, 7) is 0.487. The lowest BCUT2D eigenvalue weighted by atomic mass is 10.0. The Bertz CT molecular complexity index is 756. The van der Waals surface area contributed by atoms with Gasteiger partial charge >= 0.3 is 6.18 Å². The van der Waals surface area contributed by atoms with E-state index in [-0.39, 0.29) is 11.1 Å². The highest BCUT2D eigenvalue weighted by Gasteiger charge is 2.42. The second-order valence-corrected chi connectivity index (χ2v) is 5.42. The lowest BCUT2D eigenvalue weighted by Gasteiger charge is -2.22. The molecule has 1 atom stereocenters. The van der Waals surface area contributed by atoms with Crippen molar-refractivity contribution in [2.75, 3.05) is 6.61 Å². The van der Waals surface area contributed by atoms with Crippen LogP contribution in [-0.4, -0.2) is 18.7 Å². The van der Waals surface area contributed by atoms with Gasteiger partial charge in [-0.15, -0.1) is 0 Å². The van der Waals surface area contributed by atoms with Crippen molar-refractivity contribution in [3.05, 3.63) is 65.0 Å². The first-order chi connectivity index (χ1) is 11.3. The minimum atomic E-state index is -4.70. The van der Waals surface area contributed by atoms with Crippen molar-refractivity contribution in [1.29, 1.82) is 0 Å². The van der Waals surface area contributed by atoms with Gasteiger partial charge in [-0.2, -0.15) is 13.2 Å². The maximum Gasteiger partial charge on any atom is 0.412 e. The average Bonchev–Trinajstić information content (AvgIpc) is 3.00. The van der Waals surface area contributed by atoms with Crippen molar-refractivity contribution in [1.82, 2.24) is 5.32 Å². The number of hydrogen-bond acceptors (Lipinski definition) is 2. The summed E-state index contributed by atoms with van der Waals surface area (Å²) in [4.78, 5) is 12.2. The van der Waals surface area contributed by atoms with Gasteiger partial charge < -0.3 is 10.1 Å². The van der Waals surface area contributed by atoms with E-state index in [4.69, 9.17) is 4.74 Å². The molecule has 24 heavy (non-hydrogen) atoms. The van der Waals surface area contributed by atoms with E-state index in [0.717, 1.165) is 29.8 Å². The number of hydrogen-bond donors (Lipinski definition) is 1. The Hall–Kier alpha value is -2.57. The topological polar surface area (TPSA) is 38.3 Å². The van der Waals surface area contributed by atoms with Gasteiger partial charge in [0.1, 0.15) is 11.6 Å². The Balaban J connectivity index is 1.84. The van der Waals surface area contributed by atoms with E-state index in [0.29, 0.717) is 18.8 Å². The standard InChI is InChI=1S/C17H13F4NO2/c18-13-4-1-10(2-5-13)15(17(19,20)21)22-16(23)12-3-6-14-11(9-12)7-8-24-14/h1-6,9,15H,7-8H2,(H,22,23). The van der Waals surface area contributed by atoms with Crippen molar-refractivity contribution in [3.63, 3.8) is 0 Å². The molecular weight excluding hydrogens is 326 g/mol. The zero-order valence-corrected chi connectivity index (χ0v) is 12.4. The number of amides is 1. The first kappa shape index (κ1) is 16.3. The van der Waals surface area contributed by atoms with Crippen LogP contribution in [0.25, 0.3) is 0 Å². The van der Waals surface area contributed by atoms with Crippen LogP contribution < -0.4 is 10.1 Å². The fourth-order valence-corrected chi connectivity index (χ4v) is 2.55. The second kappa shape index (κ2) is 6.14. The highest BCUT2D eigenvalue weighted by atomic mass is 19.4. The van der Waals surface area contributed by atoms with Gasteiger partial charge in [-0.3, -0.25) is 4.79 Å². The van der Waals surface area contributed by atoms with E-state index in [1.165, 1.54) is 12.1 Å². The van der Waals surface area contributed by atoms with Crippen molar-refractivity contribution >= 4 is 5.91 Å². The first-order valence-corrected chi connectivity index (χ1v) is 7.23. The van der Waals surface area contributed by atoms with Gasteiger partial charge in [-0.1, -0.05) is 12.1 Å². The first-order valence-electron chi connectivity index (χ1n) is 7.23. The van der Waals surface area contributed by atoms with Gasteiger partial charge in [0.05, 0.1) is 6.61 Å². The average molecular weight is 339 g/mol. The summed E-state index contributed by atoms with van der Waals surface area (Å²) in [6.07, 6.45) is -4.09. The minimum absolute atomic E-state index is 0.121. The summed E-state index contributed by atoms with van der Waals surface area (Å²) in [5.41, 5.74) is 0.672. The van der Waals surface area contributed by atoms with Crippen molar-refractivity contribution in [2.45, 2.75) is 18.6 Å². The van der Waals surface area contributed by atoms with E-state index in [1.54, 1.807) is 6.07 Å². The van der Waals surface area contributed by atoms with Crippen molar-refractivity contribution < 1.29 is 27.1 Å². The molecule has 0 fully saturated rings. The predicted octanol–water partition coefficient (Wildman–Crippen LogP) is 3.79. The van der Waals surface area contributed by atoms with Crippen LogP contribution in [0, 0.1) is 5.82 Å². The zero-order chi connectivity index (χ0) is 17.3. The number of alkyl halides is 3. The third-order valence-corrected chi connectivity index (χ3v) is 3.76. The molecule has 1 unspecified atom stereocenters. The molecule has 1 aliphatic heterocycles. The molecule has 0 radical (unpaired) electrons. The summed E-state index contributed by atoms with van der Waals surface area (Å²) in [7, 11) is 0. The third-order valence-electron chi connectivity index (χ3n) is 3.76. The van der Waals surface area contributed by atoms with Gasteiger partial charge in [0, 0.05) is 12.0 Å². The molecule has 0 bridgehead atoms. The lowest BCUT2D eigenvalue weighted by Crippen LogP contribution is -2.38. The molecule has 1 aliphatic rings. The van der Waals surface area contributed by atoms with E-state index in [1.807, 2.05) is 5.32 Å². The minimum Gasteiger partial charge on any atom is -0.493 e. The molecule has 3 rings (SSSR count). The molecule has 7 heteroatoms. The lowest BCUT2D eigenvalue weighted by molar-refractivity contribution is -0.155. The predicted molar refractivity (Wildman–Crippen MR) is 78.3 cm³/mol. The van der Waals surface area contributed by atoms with Gasteiger partial charge in [0.15, 0.2) is 6.04 Å². The molecule has 0 aromatic heterocycles. The highest BCUT2D eigenvalue weighted by molar-refractivity contribution is 5.95. The van der Waals surface area contributed by atoms with Crippen molar-refractivity contribution in [3.8, 4) is 5.75 Å². The number of carbonyl (C=O) groups excluding carboxylic acids is 1. The normalized spacial score (nSPS) is 14.7. The maximum absolute atomic E-state index is 13.3. The van der Waals surface area contributed by atoms with Crippen LogP contribution in [0.1, 0.15) is 27.5 Å². The van der Waals surface area contributed by atoms with Gasteiger partial charge in [0.25, 0.3) is 5.91 Å². The molecule has 0 saturated carbocycles. The zero-order valence-electron chi connectivity index (χ0n) is 12.4. The molecule has 1 heterocycles. The molecule has 0 spiro atoms. The summed E-state index contributed by atoms with van der Waals surface area (Å²) >= 11 is 0. The fraction of sp³-hybridized carbons (Fsp3) is 0.235. The molecule has 2 aromatic carbocycles. The molecule has 3 nitrogen and oxygen atoms in total. The van der Waals surface area contributed by atoms with Crippen LogP contribution in [0.5, 0.6) is 5.75 Å². The van der Waals surface area contributed by atoms with E-state index < -0.39 is 23.9 Å². The molecule has 0 saturated heterocycles. The van der Waals surface area contributed by atoms with Crippen LogP contribution in [0.2, 0.25) is 0 Å². The van der Waals surface area contributed by atoms with E-state index >= 15 is 0 Å². The molecule has 1 N–H and O–H groups in total. The number of carbonyl (C=O) groups is 1. The number of nitrogens with one attached hydrogen (secondary N) is 1. The molecule has 1 amide bonds. The number of rotatable bonds is 3. The van der Waals surface area contributed by atoms with Crippen LogP contribution >= 0.6 is 0 Å². The van der Waals surface area contributed by atoms with Gasteiger partial charge in [-0.25, -0.2) is 4.39 Å². The number of fused-ring (bicyclic) bond motifs is 1. The SMILES string of the molecule is O=C(NC(c1ccc(F)cc1)C(F)(F)F)c1ccc2c(c1)CCO2. The van der Waals surface area contributed by atoms with Crippen LogP contribution in [0.3, 0.4) is 0 Å². The van der Waals surface area contributed by atoms with E-state index in [2.05, 4.69) is 0 Å². The summed E-state index contributed by atoms with van der Waals surface area (Å²) < 4.78 is 58.0. The molecule has 2 aromatic rings. The van der Waals surface area contributed by atoms with Gasteiger partial charge in [-0.05, 0) is 41.5 Å². The summed E-state index contributed by atoms with van der Waals surface area (Å²) in [5.74, 6) is -0.863. The number of benzene rings is 2. The van der Waals surface area contributed by atoms with Gasteiger partial charge in [0.2, 0.25) is 0 Å². The van der Waals surface area contributed by atoms with E-state index in [9.17, 15) is 22.4 Å². The Morgan fingerprint density at radius 1 is 1.12 bits per heavy atom. The van der Waals surface area contributed by atoms with Crippen LogP contribution in [0.4, 0.5) is 17.6 Å². The quantitative estimate of drug-likeness (QED) is 0.864. The Morgan fingerprint density at radius 2 is 1.83 bits per heavy atom. The maximum atomic E-state index is 13.3.